The van der Waals surface area contributed by atoms with E-state index in [4.69, 9.17) is 0 Å². The van der Waals surface area contributed by atoms with E-state index in [9.17, 15) is 0 Å². The van der Waals surface area contributed by atoms with E-state index in [0.29, 0.717) is 0 Å². The molecule has 3 rings (SSSR count). The molecule has 0 aliphatic carbocycles. The Morgan fingerprint density at radius 1 is 0.387 bits per heavy atom. The second-order valence-electron chi connectivity index (χ2n) is 8.81. The van der Waals surface area contributed by atoms with Gasteiger partial charge >= 0.3 is 0 Å². The number of hydrogen-bond donors (Lipinski definition) is 0. The third-order valence-electron chi connectivity index (χ3n) is 5.47. The van der Waals surface area contributed by atoms with Crippen LogP contribution in [0.3, 0.4) is 0 Å². The molecule has 0 fully saturated rings. The summed E-state index contributed by atoms with van der Waals surface area (Å²) in [6, 6.07) is 14.1. The summed E-state index contributed by atoms with van der Waals surface area (Å²) in [5, 5.41) is 4.59. The molecule has 0 radical (unpaired) electrons. The molecule has 0 heterocycles. The van der Waals surface area contributed by atoms with Crippen LogP contribution in [0.1, 0.15) is 50.1 Å². The monoisotopic (exact) mass is 481 g/mol. The van der Waals surface area contributed by atoms with E-state index in [-0.39, 0.29) is 6.99 Å². The first-order valence-electron chi connectivity index (χ1n) is 10.7. The van der Waals surface area contributed by atoms with Gasteiger partial charge in [0.25, 0.3) is 0 Å². The lowest BCUT2D eigenvalue weighted by molar-refractivity contribution is 1.36. The normalized spacial score (nSPS) is 13.5. The standard InChI is InChI=1S/C27H33P4/c1-16-10-19(4)25(20(5)11-16)28-31(29-26-21(6)12-17(2)13-22(26)7)30-27-23(8)14-18(3)15-24(27)9/h10-15H,1-9H3/q-3. The summed E-state index contributed by atoms with van der Waals surface area (Å²) in [7, 11) is 4.48. The fourth-order valence-electron chi connectivity index (χ4n) is 4.33. The molecule has 0 saturated carbocycles. The van der Waals surface area contributed by atoms with Crippen molar-refractivity contribution in [3.8, 4) is 0 Å². The summed E-state index contributed by atoms with van der Waals surface area (Å²) in [6.45, 7) is 20.0. The van der Waals surface area contributed by atoms with Crippen molar-refractivity contribution in [2.24, 2.45) is 0 Å². The molecule has 0 unspecified atom stereocenters. The largest absolute Gasteiger partial charge is 0.589 e. The van der Waals surface area contributed by atoms with Crippen LogP contribution in [0.4, 0.5) is 0 Å². The summed E-state index contributed by atoms with van der Waals surface area (Å²) in [6.07, 6.45) is 0. The van der Waals surface area contributed by atoms with Gasteiger partial charge in [0.05, 0.1) is 0 Å². The fourth-order valence-corrected chi connectivity index (χ4v) is 17.2. The molecule has 3 aromatic carbocycles. The van der Waals surface area contributed by atoms with Gasteiger partial charge in [-0.15, -0.1) is 0 Å². The summed E-state index contributed by atoms with van der Waals surface area (Å²) < 4.78 is 0. The minimum Gasteiger partial charge on any atom is -0.589 e. The van der Waals surface area contributed by atoms with Crippen LogP contribution < -0.4 is 15.9 Å². The Morgan fingerprint density at radius 3 is 0.774 bits per heavy atom. The fraction of sp³-hybridized carbons (Fsp3) is 0.333. The third kappa shape index (κ3) is 6.25. The smallest absolute Gasteiger partial charge is 0.0398 e. The van der Waals surface area contributed by atoms with Gasteiger partial charge < -0.3 is 31.8 Å². The van der Waals surface area contributed by atoms with Crippen LogP contribution >= 0.6 is 31.8 Å². The summed E-state index contributed by atoms with van der Waals surface area (Å²) >= 11 is 0. The molecule has 0 atom stereocenters. The Labute approximate surface area is 196 Å². The minimum absolute atomic E-state index is 0.299. The van der Waals surface area contributed by atoms with Crippen molar-refractivity contribution in [3.63, 3.8) is 0 Å². The Kier molecular flexibility index (Phi) is 8.50. The lowest BCUT2D eigenvalue weighted by atomic mass is 10.1. The topological polar surface area (TPSA) is 0 Å². The van der Waals surface area contributed by atoms with Crippen molar-refractivity contribution in [2.45, 2.75) is 62.3 Å². The molecular weight excluding hydrogens is 448 g/mol. The van der Waals surface area contributed by atoms with E-state index >= 15 is 0 Å². The average Bonchev–Trinajstić information content (AvgIpc) is 2.63. The van der Waals surface area contributed by atoms with E-state index in [1.807, 2.05) is 0 Å². The maximum atomic E-state index is 2.35. The highest BCUT2D eigenvalue weighted by atomic mass is 32.7. The van der Waals surface area contributed by atoms with Crippen LogP contribution in [-0.4, -0.2) is 0 Å². The molecule has 0 aliphatic heterocycles. The second kappa shape index (κ2) is 10.5. The van der Waals surface area contributed by atoms with Crippen molar-refractivity contribution in [1.82, 2.24) is 0 Å². The number of hydrogen-bond acceptors (Lipinski definition) is 0. The van der Waals surface area contributed by atoms with Gasteiger partial charge in [-0.2, -0.15) is 15.9 Å². The van der Waals surface area contributed by atoms with Crippen LogP contribution in [0.5, 0.6) is 0 Å². The van der Waals surface area contributed by atoms with Crippen LogP contribution in [-0.2, 0) is 0 Å². The van der Waals surface area contributed by atoms with Gasteiger partial charge in [0, 0.05) is 0 Å². The molecule has 0 aliphatic rings. The Bertz CT molecular complexity index is 904. The number of rotatable bonds is 6. The lowest BCUT2D eigenvalue weighted by Gasteiger charge is -2.61. The van der Waals surface area contributed by atoms with Gasteiger partial charge in [-0.1, -0.05) is 86.5 Å². The summed E-state index contributed by atoms with van der Waals surface area (Å²) in [5.41, 5.74) is 12.7. The molecule has 0 saturated heterocycles. The van der Waals surface area contributed by atoms with Crippen LogP contribution in [0.2, 0.25) is 0 Å². The van der Waals surface area contributed by atoms with Crippen molar-refractivity contribution in [1.29, 1.82) is 0 Å². The highest BCUT2D eigenvalue weighted by molar-refractivity contribution is 8.77. The highest BCUT2D eigenvalue weighted by Gasteiger charge is 1.99. The van der Waals surface area contributed by atoms with Crippen molar-refractivity contribution >= 4 is 47.7 Å². The number of aryl methyl sites for hydroxylation is 9. The highest BCUT2D eigenvalue weighted by Crippen LogP contribution is 2.80. The Hall–Kier alpha value is -0.620. The molecule has 0 bridgehead atoms. The molecule has 31 heavy (non-hydrogen) atoms. The van der Waals surface area contributed by atoms with E-state index < -0.39 is 0 Å². The molecule has 0 aromatic heterocycles. The summed E-state index contributed by atoms with van der Waals surface area (Å²) in [4.78, 5) is 0. The van der Waals surface area contributed by atoms with Crippen LogP contribution in [0.25, 0.3) is 0 Å². The molecule has 164 valence electrons. The lowest BCUT2D eigenvalue weighted by Crippen LogP contribution is -2.08. The van der Waals surface area contributed by atoms with E-state index in [0.717, 1.165) is 0 Å². The first kappa shape index (κ1) is 25.0. The van der Waals surface area contributed by atoms with E-state index in [1.54, 1.807) is 0 Å². The quantitative estimate of drug-likeness (QED) is 0.309. The van der Waals surface area contributed by atoms with Crippen molar-refractivity contribution in [2.75, 3.05) is 0 Å². The molecule has 0 spiro atoms. The number of benzene rings is 3. The second-order valence-corrected chi connectivity index (χ2v) is 19.5. The van der Waals surface area contributed by atoms with Crippen molar-refractivity contribution in [3.05, 3.63) is 86.5 Å². The van der Waals surface area contributed by atoms with Gasteiger partial charge in [-0.3, -0.25) is 0 Å². The van der Waals surface area contributed by atoms with Gasteiger partial charge in [0.2, 0.25) is 0 Å². The van der Waals surface area contributed by atoms with Gasteiger partial charge in [-0.05, 0) is 62.3 Å². The molecule has 3 aromatic rings. The zero-order chi connectivity index (χ0) is 22.9. The first-order chi connectivity index (χ1) is 14.5. The first-order valence-corrected chi connectivity index (χ1v) is 16.9. The zero-order valence-electron chi connectivity index (χ0n) is 20.3. The average molecular weight is 481 g/mol. The predicted octanol–water partition coefficient (Wildman–Crippen LogP) is 8.80. The third-order valence-corrected chi connectivity index (χ3v) is 17.0. The Morgan fingerprint density at radius 2 is 0.581 bits per heavy atom. The molecule has 0 N–H and O–H groups in total. The molecule has 0 nitrogen and oxygen atoms in total. The molecular formula is C27H33P4-3. The van der Waals surface area contributed by atoms with Crippen LogP contribution in [0.15, 0.2) is 36.4 Å². The maximum absolute atomic E-state index is 2.35. The van der Waals surface area contributed by atoms with Gasteiger partial charge in [0.1, 0.15) is 0 Å². The van der Waals surface area contributed by atoms with Crippen molar-refractivity contribution < 1.29 is 0 Å². The van der Waals surface area contributed by atoms with Gasteiger partial charge in [0.15, 0.2) is 0 Å². The van der Waals surface area contributed by atoms with E-state index in [2.05, 4.69) is 98.7 Å². The van der Waals surface area contributed by atoms with Gasteiger partial charge in [-0.25, -0.2) is 0 Å². The maximum Gasteiger partial charge on any atom is -0.0398 e. The van der Waals surface area contributed by atoms with Crippen LogP contribution in [0, 0.1) is 62.3 Å². The predicted molar refractivity (Wildman–Crippen MR) is 149 cm³/mol. The van der Waals surface area contributed by atoms with E-state index in [1.165, 1.54) is 90.8 Å². The molecule has 0 amide bonds. The Balaban J connectivity index is 2.02. The SMILES string of the molecule is Cc1cc(C)c([P-]P([P-]c2c(C)cc(C)cc2C)[P-]c2c(C)cc(C)cc2C)c(C)c1. The summed E-state index contributed by atoms with van der Waals surface area (Å²) in [5.74, 6) is 0. The minimum atomic E-state index is -0.299. The molecule has 4 heteroatoms. The zero-order valence-corrected chi connectivity index (χ0v) is 23.8.